The van der Waals surface area contributed by atoms with Gasteiger partial charge in [-0.1, -0.05) is 30.9 Å². The third-order valence-corrected chi connectivity index (χ3v) is 2.06. The van der Waals surface area contributed by atoms with Crippen molar-refractivity contribution >= 4 is 11.9 Å². The Labute approximate surface area is 88.7 Å². The molecule has 1 rings (SSSR count). The molecule has 0 spiro atoms. The summed E-state index contributed by atoms with van der Waals surface area (Å²) in [6.07, 6.45) is 7.76. The smallest absolute Gasteiger partial charge is 0.322 e. The molecule has 4 heteroatoms. The Bertz CT molecular complexity index is 342. The van der Waals surface area contributed by atoms with Gasteiger partial charge in [0.2, 0.25) is 0 Å². The van der Waals surface area contributed by atoms with Crippen LogP contribution in [0.15, 0.2) is 36.5 Å². The molecule has 1 fully saturated rings. The van der Waals surface area contributed by atoms with E-state index in [-0.39, 0.29) is 5.91 Å². The van der Waals surface area contributed by atoms with Crippen molar-refractivity contribution in [1.82, 2.24) is 10.6 Å². The van der Waals surface area contributed by atoms with Crippen LogP contribution < -0.4 is 10.6 Å². The van der Waals surface area contributed by atoms with Gasteiger partial charge >= 0.3 is 6.03 Å². The Kier molecular flexibility index (Phi) is 3.85. The highest BCUT2D eigenvalue weighted by molar-refractivity contribution is 6.04. The normalized spacial score (nSPS) is 21.7. The number of urea groups is 1. The Morgan fingerprint density at radius 3 is 2.73 bits per heavy atom. The van der Waals surface area contributed by atoms with Crippen LogP contribution in [0.2, 0.25) is 0 Å². The second-order valence-corrected chi connectivity index (χ2v) is 3.19. The van der Waals surface area contributed by atoms with E-state index < -0.39 is 12.1 Å². The van der Waals surface area contributed by atoms with Crippen LogP contribution in [0, 0.1) is 0 Å². The minimum atomic E-state index is -0.480. The molecule has 1 saturated heterocycles. The summed E-state index contributed by atoms with van der Waals surface area (Å²) in [5.41, 5.74) is 0.912. The van der Waals surface area contributed by atoms with Crippen molar-refractivity contribution in [3.05, 3.63) is 36.5 Å². The Morgan fingerprint density at radius 1 is 1.53 bits per heavy atom. The minimum absolute atomic E-state index is 0.284. The molecule has 0 radical (unpaired) electrons. The van der Waals surface area contributed by atoms with Crippen LogP contribution in [0.4, 0.5) is 4.79 Å². The summed E-state index contributed by atoms with van der Waals surface area (Å²) >= 11 is 0. The van der Waals surface area contributed by atoms with E-state index in [1.54, 1.807) is 6.08 Å². The van der Waals surface area contributed by atoms with Crippen LogP contribution in [0.5, 0.6) is 0 Å². The van der Waals surface area contributed by atoms with Gasteiger partial charge in [0.05, 0.1) is 0 Å². The number of rotatable bonds is 4. The van der Waals surface area contributed by atoms with Crippen molar-refractivity contribution in [2.75, 3.05) is 0 Å². The predicted molar refractivity (Wildman–Crippen MR) is 58.2 cm³/mol. The molecule has 0 aromatic rings. The van der Waals surface area contributed by atoms with Crippen LogP contribution in [-0.2, 0) is 4.79 Å². The first kappa shape index (κ1) is 11.2. The highest BCUT2D eigenvalue weighted by Crippen LogP contribution is 2.09. The van der Waals surface area contributed by atoms with Gasteiger partial charge in [-0.15, -0.1) is 0 Å². The molecule has 0 aliphatic carbocycles. The van der Waals surface area contributed by atoms with Gasteiger partial charge in [0.15, 0.2) is 0 Å². The van der Waals surface area contributed by atoms with Crippen molar-refractivity contribution < 1.29 is 9.59 Å². The maximum atomic E-state index is 11.2. The fraction of sp³-hybridized carbons (Fsp3) is 0.273. The maximum absolute atomic E-state index is 11.2. The van der Waals surface area contributed by atoms with Crippen molar-refractivity contribution in [2.45, 2.75) is 19.4 Å². The van der Waals surface area contributed by atoms with Crippen LogP contribution in [0.3, 0.4) is 0 Å². The summed E-state index contributed by atoms with van der Waals surface area (Å²) in [5, 5.41) is 4.72. The topological polar surface area (TPSA) is 58.2 Å². The van der Waals surface area contributed by atoms with Crippen molar-refractivity contribution in [1.29, 1.82) is 0 Å². The summed E-state index contributed by atoms with van der Waals surface area (Å²) < 4.78 is 0. The Hall–Kier alpha value is -1.84. The third kappa shape index (κ3) is 3.09. The molecule has 1 heterocycles. The highest BCUT2D eigenvalue weighted by Gasteiger charge is 2.29. The summed E-state index contributed by atoms with van der Waals surface area (Å²) in [7, 11) is 0. The van der Waals surface area contributed by atoms with E-state index in [2.05, 4.69) is 17.2 Å². The van der Waals surface area contributed by atoms with Gasteiger partial charge in [-0.3, -0.25) is 10.1 Å². The molecule has 0 aromatic heterocycles. The van der Waals surface area contributed by atoms with Crippen LogP contribution in [0.1, 0.15) is 13.3 Å². The quantitative estimate of drug-likeness (QED) is 0.537. The largest absolute Gasteiger partial charge is 0.326 e. The van der Waals surface area contributed by atoms with Gasteiger partial charge in [0, 0.05) is 6.42 Å². The molecule has 0 aromatic carbocycles. The maximum Gasteiger partial charge on any atom is 0.322 e. The highest BCUT2D eigenvalue weighted by atomic mass is 16.2. The number of hydrogen-bond acceptors (Lipinski definition) is 2. The number of amides is 3. The molecule has 0 bridgehead atoms. The van der Waals surface area contributed by atoms with Crippen molar-refractivity contribution in [2.24, 2.45) is 0 Å². The molecule has 1 aliphatic heterocycles. The van der Waals surface area contributed by atoms with Gasteiger partial charge in [0.1, 0.15) is 6.04 Å². The predicted octanol–water partition coefficient (Wildman–Crippen LogP) is 1.27. The minimum Gasteiger partial charge on any atom is -0.326 e. The van der Waals surface area contributed by atoms with E-state index in [0.29, 0.717) is 6.42 Å². The molecule has 1 unspecified atom stereocenters. The van der Waals surface area contributed by atoms with E-state index in [4.69, 9.17) is 0 Å². The van der Waals surface area contributed by atoms with Gasteiger partial charge < -0.3 is 5.32 Å². The first-order valence-electron chi connectivity index (χ1n) is 4.73. The van der Waals surface area contributed by atoms with E-state index in [0.717, 1.165) is 5.57 Å². The van der Waals surface area contributed by atoms with Crippen LogP contribution >= 0.6 is 0 Å². The molecule has 2 N–H and O–H groups in total. The number of nitrogens with one attached hydrogen (secondary N) is 2. The summed E-state index contributed by atoms with van der Waals surface area (Å²) in [4.78, 5) is 22.1. The number of carbonyl (C=O) groups is 2. The second kappa shape index (κ2) is 5.14. The first-order valence-corrected chi connectivity index (χ1v) is 4.73. The molecule has 1 atom stereocenters. The third-order valence-electron chi connectivity index (χ3n) is 2.06. The van der Waals surface area contributed by atoms with E-state index >= 15 is 0 Å². The van der Waals surface area contributed by atoms with Gasteiger partial charge in [-0.25, -0.2) is 4.79 Å². The second-order valence-electron chi connectivity index (χ2n) is 3.19. The molecule has 80 valence electrons. The molecular weight excluding hydrogens is 192 g/mol. The lowest BCUT2D eigenvalue weighted by molar-refractivity contribution is -0.120. The van der Waals surface area contributed by atoms with Gasteiger partial charge in [0.25, 0.3) is 5.91 Å². The fourth-order valence-electron chi connectivity index (χ4n) is 1.28. The summed E-state index contributed by atoms with van der Waals surface area (Å²) in [6.45, 7) is 5.56. The van der Waals surface area contributed by atoms with Crippen molar-refractivity contribution in [3.63, 3.8) is 0 Å². The monoisotopic (exact) mass is 206 g/mol. The Morgan fingerprint density at radius 2 is 2.27 bits per heavy atom. The number of hydrogen-bond donors (Lipinski definition) is 2. The SMILES string of the molecule is C=C/C(=C\C=C/C)CC1NC(=O)NC1=O. The zero-order chi connectivity index (χ0) is 11.3. The number of carbonyl (C=O) groups excluding carboxylic acids is 2. The molecule has 4 nitrogen and oxygen atoms in total. The summed E-state index contributed by atoms with van der Waals surface area (Å²) in [6, 6.07) is -0.911. The van der Waals surface area contributed by atoms with Gasteiger partial charge in [-0.2, -0.15) is 0 Å². The Balaban J connectivity index is 2.63. The lowest BCUT2D eigenvalue weighted by atomic mass is 10.1. The summed E-state index contributed by atoms with van der Waals surface area (Å²) in [5.74, 6) is -0.284. The van der Waals surface area contributed by atoms with Crippen LogP contribution in [-0.4, -0.2) is 18.0 Å². The number of allylic oxidation sites excluding steroid dienone is 4. The number of imide groups is 1. The lowest BCUT2D eigenvalue weighted by Crippen LogP contribution is -2.28. The molecular formula is C11H14N2O2. The van der Waals surface area contributed by atoms with Gasteiger partial charge in [-0.05, 0) is 12.5 Å². The van der Waals surface area contributed by atoms with Crippen LogP contribution in [0.25, 0.3) is 0 Å². The zero-order valence-corrected chi connectivity index (χ0v) is 8.62. The van der Waals surface area contributed by atoms with E-state index in [9.17, 15) is 9.59 Å². The lowest BCUT2D eigenvalue weighted by Gasteiger charge is -2.06. The first-order chi connectivity index (χ1) is 7.17. The average Bonchev–Trinajstić information content (AvgIpc) is 2.52. The molecule has 0 saturated carbocycles. The van der Waals surface area contributed by atoms with Crippen molar-refractivity contribution in [3.8, 4) is 0 Å². The average molecular weight is 206 g/mol. The zero-order valence-electron chi connectivity index (χ0n) is 8.62. The molecule has 1 aliphatic rings. The fourth-order valence-corrected chi connectivity index (χ4v) is 1.28. The molecule has 3 amide bonds. The van der Waals surface area contributed by atoms with E-state index in [1.165, 1.54) is 0 Å². The molecule has 15 heavy (non-hydrogen) atoms. The standard InChI is InChI=1S/C11H14N2O2/c1-3-5-6-8(4-2)7-9-10(14)13-11(15)12-9/h3-6,9H,2,7H2,1H3,(H2,12,13,14,15)/b5-3-,8-6+. The van der Waals surface area contributed by atoms with E-state index in [1.807, 2.05) is 25.2 Å².